The maximum atomic E-state index is 11.9. The van der Waals surface area contributed by atoms with Crippen LogP contribution in [-0.4, -0.2) is 31.6 Å². The molecule has 0 N–H and O–H groups in total. The van der Waals surface area contributed by atoms with Crippen molar-refractivity contribution in [1.82, 2.24) is 0 Å². The number of carbonyl (C=O) groups is 2. The van der Waals surface area contributed by atoms with E-state index in [1.54, 1.807) is 20.8 Å². The summed E-state index contributed by atoms with van der Waals surface area (Å²) < 4.78 is 10.2. The largest absolute Gasteiger partial charge is 0.465 e. The van der Waals surface area contributed by atoms with Crippen LogP contribution in [0.25, 0.3) is 0 Å². The van der Waals surface area contributed by atoms with E-state index in [1.165, 1.54) is 19.3 Å². The van der Waals surface area contributed by atoms with Crippen LogP contribution in [0.2, 0.25) is 0 Å². The Morgan fingerprint density at radius 2 is 1.63 bits per heavy atom. The quantitative estimate of drug-likeness (QED) is 0.329. The molecule has 0 aliphatic carbocycles. The number of hydrogen-bond donors (Lipinski definition) is 0. The molecule has 0 rings (SSSR count). The van der Waals surface area contributed by atoms with Crippen molar-refractivity contribution in [1.29, 1.82) is 0 Å². The summed E-state index contributed by atoms with van der Waals surface area (Å²) in [4.78, 5) is 23.5. The van der Waals surface area contributed by atoms with Crippen molar-refractivity contribution in [2.24, 2.45) is 5.41 Å². The fourth-order valence-corrected chi connectivity index (χ4v) is 1.58. The average molecular weight is 272 g/mol. The topological polar surface area (TPSA) is 52.6 Å². The number of esters is 1. The maximum absolute atomic E-state index is 11.9. The van der Waals surface area contributed by atoms with E-state index >= 15 is 0 Å². The van der Waals surface area contributed by atoms with Gasteiger partial charge in [0.1, 0.15) is 12.0 Å². The summed E-state index contributed by atoms with van der Waals surface area (Å²) in [5.41, 5.74) is -1.11. The van der Waals surface area contributed by atoms with E-state index in [0.29, 0.717) is 6.61 Å². The third kappa shape index (κ3) is 7.31. The monoisotopic (exact) mass is 272 g/mol. The van der Waals surface area contributed by atoms with E-state index in [4.69, 9.17) is 9.47 Å². The van der Waals surface area contributed by atoms with E-state index in [0.717, 1.165) is 12.8 Å². The Labute approximate surface area is 116 Å². The van der Waals surface area contributed by atoms with Crippen molar-refractivity contribution >= 4 is 11.8 Å². The van der Waals surface area contributed by atoms with Gasteiger partial charge in [-0.2, -0.15) is 0 Å². The summed E-state index contributed by atoms with van der Waals surface area (Å²) in [6, 6.07) is 0. The number of ketones is 1. The minimum absolute atomic E-state index is 0.0143. The second-order valence-corrected chi connectivity index (χ2v) is 5.24. The van der Waals surface area contributed by atoms with Gasteiger partial charge in [0.05, 0.1) is 6.61 Å². The molecule has 0 bridgehead atoms. The van der Waals surface area contributed by atoms with Crippen LogP contribution in [0, 0.1) is 5.41 Å². The predicted molar refractivity (Wildman–Crippen MR) is 75.0 cm³/mol. The molecule has 0 aliphatic rings. The smallest absolute Gasteiger partial charge is 0.319 e. The third-order valence-corrected chi connectivity index (χ3v) is 3.11. The molecule has 0 heterocycles. The van der Waals surface area contributed by atoms with E-state index in [1.807, 2.05) is 0 Å². The number of Topliss-reactive ketones (excluding diaryl/α,β-unsaturated/α-hetero) is 1. The second kappa shape index (κ2) is 9.96. The summed E-state index contributed by atoms with van der Waals surface area (Å²) in [5.74, 6) is -0.703. The molecule has 19 heavy (non-hydrogen) atoms. The summed E-state index contributed by atoms with van der Waals surface area (Å²) in [7, 11) is 0. The zero-order valence-electron chi connectivity index (χ0n) is 12.8. The van der Waals surface area contributed by atoms with Crippen molar-refractivity contribution in [2.45, 2.75) is 59.8 Å². The molecule has 0 fully saturated rings. The highest BCUT2D eigenvalue weighted by Gasteiger charge is 2.37. The molecule has 4 nitrogen and oxygen atoms in total. The molecule has 0 atom stereocenters. The number of carbonyl (C=O) groups excluding carboxylic acids is 2. The van der Waals surface area contributed by atoms with Gasteiger partial charge in [-0.05, 0) is 27.2 Å². The zero-order valence-corrected chi connectivity index (χ0v) is 12.8. The highest BCUT2D eigenvalue weighted by Crippen LogP contribution is 2.19. The minimum atomic E-state index is -1.11. The first-order valence-electron chi connectivity index (χ1n) is 7.25. The number of unbranched alkanes of at least 4 members (excludes halogenated alkanes) is 4. The summed E-state index contributed by atoms with van der Waals surface area (Å²) in [6.45, 7) is 7.91. The lowest BCUT2D eigenvalue weighted by molar-refractivity contribution is -0.159. The van der Waals surface area contributed by atoms with Crippen LogP contribution in [-0.2, 0) is 19.1 Å². The molecule has 0 aromatic rings. The first-order chi connectivity index (χ1) is 8.96. The Hall–Kier alpha value is -0.900. The maximum Gasteiger partial charge on any atom is 0.319 e. The van der Waals surface area contributed by atoms with Crippen molar-refractivity contribution in [3.63, 3.8) is 0 Å². The van der Waals surface area contributed by atoms with Crippen LogP contribution < -0.4 is 0 Å². The van der Waals surface area contributed by atoms with Gasteiger partial charge in [0.25, 0.3) is 0 Å². The van der Waals surface area contributed by atoms with Crippen LogP contribution in [0.4, 0.5) is 0 Å². The number of rotatable bonds is 11. The fraction of sp³-hybridized carbons (Fsp3) is 0.867. The van der Waals surface area contributed by atoms with Crippen LogP contribution >= 0.6 is 0 Å². The van der Waals surface area contributed by atoms with Crippen LogP contribution in [0.1, 0.15) is 59.8 Å². The molecule has 4 heteroatoms. The molecule has 0 saturated carbocycles. The van der Waals surface area contributed by atoms with Crippen molar-refractivity contribution < 1.29 is 19.1 Å². The lowest BCUT2D eigenvalue weighted by atomic mass is 9.88. The first-order valence-corrected chi connectivity index (χ1v) is 7.25. The zero-order chi connectivity index (χ0) is 14.7. The summed E-state index contributed by atoms with van der Waals surface area (Å²) >= 11 is 0. The summed E-state index contributed by atoms with van der Waals surface area (Å²) in [5, 5.41) is 0. The molecular weight excluding hydrogens is 244 g/mol. The molecule has 0 aromatic carbocycles. The first kappa shape index (κ1) is 18.1. The third-order valence-electron chi connectivity index (χ3n) is 3.11. The standard InChI is InChI=1S/C15H28O4/c1-5-7-8-9-10-11-18-12-13(16)15(3,4)14(17)19-6-2/h5-12H2,1-4H3. The lowest BCUT2D eigenvalue weighted by Gasteiger charge is -2.20. The van der Waals surface area contributed by atoms with Crippen molar-refractivity contribution in [3.05, 3.63) is 0 Å². The Bertz CT molecular complexity index is 271. The van der Waals surface area contributed by atoms with Gasteiger partial charge in [-0.1, -0.05) is 32.6 Å². The van der Waals surface area contributed by atoms with Crippen molar-refractivity contribution in [3.8, 4) is 0 Å². The Morgan fingerprint density at radius 3 is 2.21 bits per heavy atom. The van der Waals surface area contributed by atoms with Gasteiger partial charge in [0.15, 0.2) is 5.78 Å². The normalized spacial score (nSPS) is 11.4. The molecule has 0 aliphatic heterocycles. The predicted octanol–water partition coefficient (Wildman–Crippen LogP) is 3.13. The van der Waals surface area contributed by atoms with Gasteiger partial charge in [-0.15, -0.1) is 0 Å². The molecular formula is C15H28O4. The molecule has 0 unspecified atom stereocenters. The molecule has 0 saturated heterocycles. The van der Waals surface area contributed by atoms with Crippen LogP contribution in [0.3, 0.4) is 0 Å². The average Bonchev–Trinajstić information content (AvgIpc) is 2.37. The van der Waals surface area contributed by atoms with Crippen LogP contribution in [0.15, 0.2) is 0 Å². The second-order valence-electron chi connectivity index (χ2n) is 5.24. The number of ether oxygens (including phenoxy) is 2. The van der Waals surface area contributed by atoms with E-state index < -0.39 is 11.4 Å². The molecule has 0 radical (unpaired) electrons. The highest BCUT2D eigenvalue weighted by atomic mass is 16.5. The highest BCUT2D eigenvalue weighted by molar-refractivity contribution is 6.03. The molecule has 0 amide bonds. The lowest BCUT2D eigenvalue weighted by Crippen LogP contribution is -2.37. The van der Waals surface area contributed by atoms with Crippen LogP contribution in [0.5, 0.6) is 0 Å². The Morgan fingerprint density at radius 1 is 1.00 bits per heavy atom. The minimum Gasteiger partial charge on any atom is -0.465 e. The SMILES string of the molecule is CCCCCCCOCC(=O)C(C)(C)C(=O)OCC. The van der Waals surface area contributed by atoms with Gasteiger partial charge in [-0.3, -0.25) is 9.59 Å². The Kier molecular flexibility index (Phi) is 9.48. The molecule has 0 aromatic heterocycles. The molecule has 112 valence electrons. The van der Waals surface area contributed by atoms with Gasteiger partial charge in [-0.25, -0.2) is 0 Å². The van der Waals surface area contributed by atoms with E-state index in [-0.39, 0.29) is 19.0 Å². The van der Waals surface area contributed by atoms with Gasteiger partial charge in [0, 0.05) is 6.61 Å². The Balaban J connectivity index is 3.81. The van der Waals surface area contributed by atoms with Gasteiger partial charge < -0.3 is 9.47 Å². The van der Waals surface area contributed by atoms with Gasteiger partial charge >= 0.3 is 5.97 Å². The molecule has 0 spiro atoms. The number of hydrogen-bond acceptors (Lipinski definition) is 4. The van der Waals surface area contributed by atoms with Crippen molar-refractivity contribution in [2.75, 3.05) is 19.8 Å². The van der Waals surface area contributed by atoms with E-state index in [9.17, 15) is 9.59 Å². The van der Waals surface area contributed by atoms with Gasteiger partial charge in [0.2, 0.25) is 0 Å². The summed E-state index contributed by atoms with van der Waals surface area (Å²) in [6.07, 6.45) is 5.76. The fourth-order valence-electron chi connectivity index (χ4n) is 1.58. The van der Waals surface area contributed by atoms with E-state index in [2.05, 4.69) is 6.92 Å².